The van der Waals surface area contributed by atoms with E-state index in [0.717, 1.165) is 63.5 Å². The van der Waals surface area contributed by atoms with Crippen molar-refractivity contribution in [3.63, 3.8) is 0 Å². The summed E-state index contributed by atoms with van der Waals surface area (Å²) >= 11 is 0. The Hall–Kier alpha value is -1.49. The molecule has 228 valence electrons. The number of β-amino-alcohol motifs (C(OH)–C–C–N with tert-alkyl or cyclic N) is 1. The van der Waals surface area contributed by atoms with Crippen molar-refractivity contribution in [3.8, 4) is 0 Å². The number of halogens is 3. The fourth-order valence-corrected chi connectivity index (χ4v) is 11.2. The molecule has 4 saturated carbocycles. The number of nitrogens with zero attached hydrogens (tertiary/aromatic N) is 2. The molecule has 0 amide bonds. The Morgan fingerprint density at radius 1 is 0.976 bits per heavy atom. The number of aliphatic hydroxyl groups is 1. The Bertz CT molecular complexity index is 1300. The second-order valence-corrected chi connectivity index (χ2v) is 16.1. The van der Waals surface area contributed by atoms with E-state index in [1.165, 1.54) is 10.4 Å². The number of piperazine rings is 1. The van der Waals surface area contributed by atoms with Crippen molar-refractivity contribution < 1.29 is 31.5 Å². The van der Waals surface area contributed by atoms with Gasteiger partial charge < -0.3 is 5.11 Å². The molecule has 5 fully saturated rings. The normalized spacial score (nSPS) is 40.6. The molecule has 4 aliphatic carbocycles. The van der Waals surface area contributed by atoms with E-state index in [4.69, 9.17) is 0 Å². The lowest BCUT2D eigenvalue weighted by atomic mass is 9.44. The number of hydrogen-bond donors (Lipinski definition) is 1. The molecule has 1 saturated heterocycles. The van der Waals surface area contributed by atoms with E-state index >= 15 is 0 Å². The molecule has 1 aliphatic heterocycles. The highest BCUT2D eigenvalue weighted by atomic mass is 32.2. The summed E-state index contributed by atoms with van der Waals surface area (Å²) in [6.07, 6.45) is 3.93. The van der Waals surface area contributed by atoms with Gasteiger partial charge >= 0.3 is 6.18 Å². The van der Waals surface area contributed by atoms with Crippen LogP contribution in [-0.2, 0) is 21.0 Å². The van der Waals surface area contributed by atoms with Crippen molar-refractivity contribution >= 4 is 15.8 Å². The van der Waals surface area contributed by atoms with Crippen LogP contribution in [0.3, 0.4) is 0 Å². The maximum absolute atomic E-state index is 13.1. The summed E-state index contributed by atoms with van der Waals surface area (Å²) in [5.74, 6) is 2.63. The summed E-state index contributed by atoms with van der Waals surface area (Å²) in [7, 11) is -4.04. The molecule has 6 rings (SSSR count). The maximum Gasteiger partial charge on any atom is 0.416 e. The van der Waals surface area contributed by atoms with E-state index in [-0.39, 0.29) is 28.8 Å². The lowest BCUT2D eigenvalue weighted by Crippen LogP contribution is -2.59. The number of ketones is 1. The molecule has 6 nitrogen and oxygen atoms in total. The van der Waals surface area contributed by atoms with Crippen molar-refractivity contribution in [3.05, 3.63) is 29.8 Å². The van der Waals surface area contributed by atoms with Crippen molar-refractivity contribution in [2.75, 3.05) is 32.7 Å². The van der Waals surface area contributed by atoms with E-state index in [9.17, 15) is 31.5 Å². The highest BCUT2D eigenvalue weighted by molar-refractivity contribution is 7.89. The second kappa shape index (κ2) is 10.0. The van der Waals surface area contributed by atoms with Gasteiger partial charge in [0.15, 0.2) is 0 Å². The third-order valence-electron chi connectivity index (χ3n) is 12.2. The number of carbonyl (C=O) groups excluding carboxylic acids is 1. The van der Waals surface area contributed by atoms with Gasteiger partial charge in [-0.1, -0.05) is 19.9 Å². The average Bonchev–Trinajstić information content (AvgIpc) is 3.23. The molecule has 1 aromatic carbocycles. The zero-order chi connectivity index (χ0) is 29.4. The number of fused-ring (bicyclic) bond motifs is 5. The van der Waals surface area contributed by atoms with Crippen molar-refractivity contribution in [2.45, 2.75) is 88.3 Å². The number of carbonyl (C=O) groups is 1. The van der Waals surface area contributed by atoms with Crippen LogP contribution in [0.25, 0.3) is 0 Å². The van der Waals surface area contributed by atoms with Gasteiger partial charge in [0.25, 0.3) is 0 Å². The lowest BCUT2D eigenvalue weighted by Gasteiger charge is -2.61. The smallest absolute Gasteiger partial charge is 0.389 e. The van der Waals surface area contributed by atoms with Gasteiger partial charge in [-0.25, -0.2) is 8.42 Å². The van der Waals surface area contributed by atoms with Crippen molar-refractivity contribution in [1.82, 2.24) is 9.21 Å². The third kappa shape index (κ3) is 4.98. The fourth-order valence-electron chi connectivity index (χ4n) is 9.76. The zero-order valence-corrected chi connectivity index (χ0v) is 24.9. The highest BCUT2D eigenvalue weighted by Crippen LogP contribution is 2.66. The fraction of sp³-hybridized carbons (Fsp3) is 0.774. The molecular weight excluding hydrogens is 553 g/mol. The van der Waals surface area contributed by atoms with Gasteiger partial charge in [-0.2, -0.15) is 17.5 Å². The summed E-state index contributed by atoms with van der Waals surface area (Å²) in [5, 5.41) is 11.8. The van der Waals surface area contributed by atoms with Crippen LogP contribution in [0.4, 0.5) is 13.2 Å². The first kappa shape index (κ1) is 29.6. The maximum atomic E-state index is 13.1. The summed E-state index contributed by atoms with van der Waals surface area (Å²) in [5.41, 5.74) is -1.75. The first-order valence-corrected chi connectivity index (χ1v) is 16.8. The molecule has 0 spiro atoms. The van der Waals surface area contributed by atoms with Gasteiger partial charge in [-0.05, 0) is 98.7 Å². The molecule has 0 bridgehead atoms. The van der Waals surface area contributed by atoms with Crippen molar-refractivity contribution in [2.24, 2.45) is 34.5 Å². The Morgan fingerprint density at radius 2 is 1.71 bits per heavy atom. The Kier molecular flexibility index (Phi) is 7.23. The predicted octanol–water partition coefficient (Wildman–Crippen LogP) is 5.35. The zero-order valence-electron chi connectivity index (χ0n) is 24.1. The number of Topliss-reactive ketones (excluding diaryl/α,β-unsaturated/α-hetero) is 1. The molecule has 0 unspecified atom stereocenters. The van der Waals surface area contributed by atoms with Crippen LogP contribution in [-0.4, -0.2) is 66.8 Å². The molecule has 1 heterocycles. The van der Waals surface area contributed by atoms with Gasteiger partial charge in [0.05, 0.1) is 16.1 Å². The van der Waals surface area contributed by atoms with Gasteiger partial charge in [0.2, 0.25) is 10.0 Å². The molecule has 5 aliphatic rings. The molecule has 10 heteroatoms. The standard InChI is InChI=1S/C31H43F3N2O4S/c1-28-12-13-30(38,19-22(28)6-7-24-25-8-9-27(37)29(25,2)11-10-26(24)28)20-35-14-16-36(17-15-35)41(39,40)23-5-3-4-21(18-23)31(32,33)34/h3-5,18,22,24-26,38H,6-17,19-20H2,1-2H3/t22-,24-,25-,26-,28-,29-,30+/m0/s1. The lowest BCUT2D eigenvalue weighted by molar-refractivity contribution is -0.157. The highest BCUT2D eigenvalue weighted by Gasteiger charge is 2.61. The van der Waals surface area contributed by atoms with Crippen LogP contribution < -0.4 is 0 Å². The molecular formula is C31H43F3N2O4S. The summed E-state index contributed by atoms with van der Waals surface area (Å²) in [6, 6.07) is 3.92. The predicted molar refractivity (Wildman–Crippen MR) is 148 cm³/mol. The minimum atomic E-state index is -4.61. The molecule has 7 atom stereocenters. The van der Waals surface area contributed by atoms with E-state index in [1.807, 2.05) is 0 Å². The minimum Gasteiger partial charge on any atom is -0.389 e. The average molecular weight is 597 g/mol. The van der Waals surface area contributed by atoms with Gasteiger partial charge in [0, 0.05) is 44.6 Å². The number of sulfonamides is 1. The van der Waals surface area contributed by atoms with Crippen LogP contribution >= 0.6 is 0 Å². The second-order valence-electron chi connectivity index (χ2n) is 14.2. The molecule has 41 heavy (non-hydrogen) atoms. The number of rotatable bonds is 4. The Morgan fingerprint density at radius 3 is 2.41 bits per heavy atom. The van der Waals surface area contributed by atoms with E-state index in [1.54, 1.807) is 0 Å². The summed E-state index contributed by atoms with van der Waals surface area (Å²) in [4.78, 5) is 14.5. The van der Waals surface area contributed by atoms with Crippen LogP contribution in [0.5, 0.6) is 0 Å². The van der Waals surface area contributed by atoms with E-state index in [0.29, 0.717) is 61.6 Å². The first-order chi connectivity index (χ1) is 19.2. The number of hydrogen-bond acceptors (Lipinski definition) is 5. The number of alkyl halides is 3. The third-order valence-corrected chi connectivity index (χ3v) is 14.1. The van der Waals surface area contributed by atoms with E-state index in [2.05, 4.69) is 18.7 Å². The van der Waals surface area contributed by atoms with Crippen LogP contribution in [0.15, 0.2) is 29.2 Å². The number of benzene rings is 1. The van der Waals surface area contributed by atoms with E-state index < -0.39 is 27.4 Å². The van der Waals surface area contributed by atoms with Gasteiger partial charge in [-0.3, -0.25) is 9.69 Å². The minimum absolute atomic E-state index is 0.128. The van der Waals surface area contributed by atoms with Crippen LogP contribution in [0.2, 0.25) is 0 Å². The quantitative estimate of drug-likeness (QED) is 0.507. The van der Waals surface area contributed by atoms with Crippen molar-refractivity contribution in [1.29, 1.82) is 0 Å². The van der Waals surface area contributed by atoms with Crippen LogP contribution in [0.1, 0.15) is 77.2 Å². The molecule has 0 radical (unpaired) electrons. The Labute approximate surface area is 241 Å². The summed E-state index contributed by atoms with van der Waals surface area (Å²) in [6.45, 7) is 6.35. The Balaban J connectivity index is 1.07. The van der Waals surface area contributed by atoms with Gasteiger partial charge in [-0.15, -0.1) is 0 Å². The van der Waals surface area contributed by atoms with Crippen LogP contribution in [0, 0.1) is 34.5 Å². The molecule has 1 N–H and O–H groups in total. The SMILES string of the molecule is C[C@]12CC[C@](O)(CN3CCN(S(=O)(=O)c4cccc(C(F)(F)F)c4)CC3)C[C@@H]1CC[C@@H]1[C@@H]2CC[C@]2(C)C(=O)CC[C@@H]12. The topological polar surface area (TPSA) is 77.9 Å². The molecule has 0 aromatic heterocycles. The molecule has 1 aromatic rings. The largest absolute Gasteiger partial charge is 0.416 e. The summed E-state index contributed by atoms with van der Waals surface area (Å²) < 4.78 is 66.9. The first-order valence-electron chi connectivity index (χ1n) is 15.3. The van der Waals surface area contributed by atoms with Gasteiger partial charge in [0.1, 0.15) is 5.78 Å². The monoisotopic (exact) mass is 596 g/mol.